The molecular formula is C35H47N3O9S. The van der Waals surface area contributed by atoms with E-state index in [-0.39, 0.29) is 61.6 Å². The lowest BCUT2D eigenvalue weighted by molar-refractivity contribution is -0.0907. The van der Waals surface area contributed by atoms with Gasteiger partial charge in [0.25, 0.3) is 0 Å². The highest BCUT2D eigenvalue weighted by atomic mass is 32.2. The van der Waals surface area contributed by atoms with Crippen molar-refractivity contribution in [3.8, 4) is 11.5 Å². The summed E-state index contributed by atoms with van der Waals surface area (Å²) in [7, 11) is -2.75. The molecule has 48 heavy (non-hydrogen) atoms. The van der Waals surface area contributed by atoms with Gasteiger partial charge in [0.05, 0.1) is 38.4 Å². The summed E-state index contributed by atoms with van der Waals surface area (Å²) in [5.74, 6) is 0.487. The number of nitrogens with zero attached hydrogens (tertiary/aromatic N) is 2. The number of carbonyl (C=O) groups excluding carboxylic acids is 1. The monoisotopic (exact) mass is 685 g/mol. The Morgan fingerprint density at radius 3 is 2.73 bits per heavy atom. The van der Waals surface area contributed by atoms with Crippen molar-refractivity contribution in [2.45, 2.75) is 61.2 Å². The first kappa shape index (κ1) is 35.8. The van der Waals surface area contributed by atoms with Crippen molar-refractivity contribution in [1.29, 1.82) is 0 Å². The number of hydrogen-bond acceptors (Lipinski definition) is 10. The van der Waals surface area contributed by atoms with Gasteiger partial charge in [0, 0.05) is 31.7 Å². The molecule has 3 aliphatic heterocycles. The summed E-state index contributed by atoms with van der Waals surface area (Å²) >= 11 is 0. The molecule has 3 heterocycles. The Morgan fingerprint density at radius 1 is 1.17 bits per heavy atom. The summed E-state index contributed by atoms with van der Waals surface area (Å²) in [6.45, 7) is 9.64. The van der Waals surface area contributed by atoms with E-state index >= 15 is 0 Å². The van der Waals surface area contributed by atoms with Crippen LogP contribution >= 0.6 is 0 Å². The molecule has 0 bridgehead atoms. The average Bonchev–Trinajstić information content (AvgIpc) is 3.83. The van der Waals surface area contributed by atoms with Crippen molar-refractivity contribution < 1.29 is 42.0 Å². The lowest BCUT2D eigenvalue weighted by Gasteiger charge is -2.33. The fourth-order valence-corrected chi connectivity index (χ4v) is 8.21. The van der Waals surface area contributed by atoms with Crippen LogP contribution in [0.4, 0.5) is 4.79 Å². The number of ether oxygens (including phenoxy) is 5. The molecule has 3 aliphatic rings. The van der Waals surface area contributed by atoms with Crippen molar-refractivity contribution in [2.24, 2.45) is 5.92 Å². The molecule has 0 spiro atoms. The number of fused-ring (bicyclic) bond motifs is 1. The van der Waals surface area contributed by atoms with Crippen LogP contribution < -0.4 is 14.8 Å². The summed E-state index contributed by atoms with van der Waals surface area (Å²) in [5, 5.41) is 14.7. The predicted molar refractivity (Wildman–Crippen MR) is 179 cm³/mol. The van der Waals surface area contributed by atoms with Crippen LogP contribution in [0.3, 0.4) is 0 Å². The van der Waals surface area contributed by atoms with E-state index in [2.05, 4.69) is 23.4 Å². The molecule has 0 aromatic heterocycles. The number of carbonyl (C=O) groups is 1. The molecule has 2 aromatic carbocycles. The lowest BCUT2D eigenvalue weighted by Crippen LogP contribution is -2.53. The van der Waals surface area contributed by atoms with Gasteiger partial charge >= 0.3 is 6.09 Å². The van der Waals surface area contributed by atoms with E-state index in [1.807, 2.05) is 30.3 Å². The molecule has 6 atom stereocenters. The second kappa shape index (κ2) is 16.8. The van der Waals surface area contributed by atoms with Gasteiger partial charge in [-0.25, -0.2) is 13.2 Å². The van der Waals surface area contributed by atoms with E-state index in [1.165, 1.54) is 29.6 Å². The summed E-state index contributed by atoms with van der Waals surface area (Å²) in [6, 6.07) is 12.9. The highest BCUT2D eigenvalue weighted by molar-refractivity contribution is 7.89. The minimum atomic E-state index is -4.24. The van der Waals surface area contributed by atoms with Crippen LogP contribution in [-0.2, 0) is 30.7 Å². The first-order valence-corrected chi connectivity index (χ1v) is 17.9. The molecule has 0 aliphatic carbocycles. The highest BCUT2D eigenvalue weighted by Gasteiger charge is 2.44. The molecule has 12 nitrogen and oxygen atoms in total. The number of sulfonamides is 1. The van der Waals surface area contributed by atoms with Gasteiger partial charge in [0.1, 0.15) is 29.1 Å². The molecule has 2 aromatic rings. The third-order valence-corrected chi connectivity index (χ3v) is 11.0. The minimum absolute atomic E-state index is 0.0548. The van der Waals surface area contributed by atoms with Crippen LogP contribution in [0.15, 0.2) is 78.7 Å². The molecular weight excluding hydrogens is 638 g/mol. The van der Waals surface area contributed by atoms with E-state index in [4.69, 9.17) is 23.7 Å². The summed E-state index contributed by atoms with van der Waals surface area (Å²) in [6.07, 6.45) is 3.10. The maximum atomic E-state index is 14.5. The van der Waals surface area contributed by atoms with Gasteiger partial charge in [-0.3, -0.25) is 4.90 Å². The minimum Gasteiger partial charge on any atom is -0.497 e. The number of aliphatic hydroxyl groups is 1. The van der Waals surface area contributed by atoms with Crippen molar-refractivity contribution in [3.63, 3.8) is 0 Å². The summed E-state index contributed by atoms with van der Waals surface area (Å²) in [5.41, 5.74) is 0.855. The SMILES string of the molecule is C=CCOc1cc(OC)ccc1S(=O)(=O)N(CC1CCCN1CC=C)C[C@@H](O)[C@H](Cc1ccccc1)NC(=O)O[C@H]1CO[C@H]2OCC[C@H]21. The van der Waals surface area contributed by atoms with Crippen LogP contribution in [0.5, 0.6) is 11.5 Å². The fourth-order valence-electron chi connectivity index (χ4n) is 6.60. The average molecular weight is 686 g/mol. The highest BCUT2D eigenvalue weighted by Crippen LogP contribution is 2.34. The Balaban J connectivity index is 1.42. The molecule has 0 radical (unpaired) electrons. The number of alkyl carbamates (subject to hydrolysis) is 1. The molecule has 13 heteroatoms. The van der Waals surface area contributed by atoms with E-state index in [0.717, 1.165) is 31.4 Å². The number of amides is 1. The summed E-state index contributed by atoms with van der Waals surface area (Å²) < 4.78 is 58.4. The van der Waals surface area contributed by atoms with Gasteiger partial charge in [0.2, 0.25) is 10.0 Å². The van der Waals surface area contributed by atoms with Crippen molar-refractivity contribution in [1.82, 2.24) is 14.5 Å². The van der Waals surface area contributed by atoms with Gasteiger partial charge in [-0.15, -0.1) is 6.58 Å². The largest absolute Gasteiger partial charge is 0.497 e. The molecule has 1 unspecified atom stereocenters. The van der Waals surface area contributed by atoms with E-state index in [1.54, 1.807) is 12.1 Å². The van der Waals surface area contributed by atoms with Gasteiger partial charge < -0.3 is 34.1 Å². The second-order valence-electron chi connectivity index (χ2n) is 12.3. The van der Waals surface area contributed by atoms with Crippen LogP contribution in [0, 0.1) is 5.92 Å². The Hall–Kier alpha value is -3.46. The van der Waals surface area contributed by atoms with Crippen LogP contribution in [-0.4, -0.2) is 113 Å². The van der Waals surface area contributed by atoms with Gasteiger partial charge in [0.15, 0.2) is 6.29 Å². The number of benzene rings is 2. The topological polar surface area (TPSA) is 136 Å². The van der Waals surface area contributed by atoms with Crippen molar-refractivity contribution >= 4 is 16.1 Å². The number of nitrogens with one attached hydrogen (secondary N) is 1. The van der Waals surface area contributed by atoms with E-state index in [0.29, 0.717) is 18.9 Å². The fraction of sp³-hybridized carbons (Fsp3) is 0.514. The third kappa shape index (κ3) is 8.76. The molecule has 0 saturated carbocycles. The van der Waals surface area contributed by atoms with Crippen LogP contribution in [0.2, 0.25) is 0 Å². The second-order valence-corrected chi connectivity index (χ2v) is 14.2. The zero-order chi connectivity index (χ0) is 34.1. The molecule has 1 amide bonds. The quantitative estimate of drug-likeness (QED) is 0.239. The van der Waals surface area contributed by atoms with Crippen molar-refractivity contribution in [3.05, 3.63) is 79.4 Å². The van der Waals surface area contributed by atoms with Crippen LogP contribution in [0.25, 0.3) is 0 Å². The molecule has 5 rings (SSSR count). The first-order chi connectivity index (χ1) is 23.2. The Bertz CT molecular complexity index is 1490. The smallest absolute Gasteiger partial charge is 0.407 e. The molecule has 2 N–H and O–H groups in total. The number of rotatable bonds is 17. The predicted octanol–water partition coefficient (Wildman–Crippen LogP) is 3.36. The van der Waals surface area contributed by atoms with E-state index in [9.17, 15) is 18.3 Å². The Labute approximate surface area is 283 Å². The summed E-state index contributed by atoms with van der Waals surface area (Å²) in [4.78, 5) is 15.4. The van der Waals surface area contributed by atoms with Crippen LogP contribution in [0.1, 0.15) is 24.8 Å². The number of methoxy groups -OCH3 is 1. The Kier molecular flexibility index (Phi) is 12.5. The molecule has 262 valence electrons. The lowest BCUT2D eigenvalue weighted by atomic mass is 10.0. The van der Waals surface area contributed by atoms with Gasteiger partial charge in [-0.2, -0.15) is 4.31 Å². The third-order valence-electron chi connectivity index (χ3n) is 9.10. The zero-order valence-electron chi connectivity index (χ0n) is 27.4. The Morgan fingerprint density at radius 2 is 1.98 bits per heavy atom. The van der Waals surface area contributed by atoms with Gasteiger partial charge in [-0.05, 0) is 49.9 Å². The normalized spacial score (nSPS) is 23.7. The number of aliphatic hydroxyl groups excluding tert-OH is 1. The number of hydrogen-bond donors (Lipinski definition) is 2. The van der Waals surface area contributed by atoms with E-state index < -0.39 is 34.4 Å². The maximum Gasteiger partial charge on any atom is 0.407 e. The van der Waals surface area contributed by atoms with Crippen molar-refractivity contribution in [2.75, 3.05) is 53.1 Å². The standard InChI is InChI=1S/C35H47N3O9S/c1-4-16-37-17-9-12-26(37)22-38(48(41,42)33-14-13-27(43-3)21-31(33)44-18-5-2)23-30(39)29(20-25-10-7-6-8-11-25)36-35(40)47-32-24-46-34-28(32)15-19-45-34/h4-8,10-11,13-14,21,26,28-30,32,34,39H,1-2,9,12,15-20,22-24H2,3H3,(H,36,40)/t26?,28-,29-,30+,32-,34+/m0/s1. The first-order valence-electron chi connectivity index (χ1n) is 16.4. The zero-order valence-corrected chi connectivity index (χ0v) is 28.3. The molecule has 3 fully saturated rings. The molecule has 3 saturated heterocycles. The number of likely N-dealkylation sites (tertiary alicyclic amines) is 1. The maximum absolute atomic E-state index is 14.5. The van der Waals surface area contributed by atoms with Gasteiger partial charge in [-0.1, -0.05) is 49.1 Å².